The maximum atomic E-state index is 12.9. The Kier molecular flexibility index (Phi) is 4.56. The number of nitrogens with one attached hydrogen (secondary N) is 1. The zero-order chi connectivity index (χ0) is 19.0. The summed E-state index contributed by atoms with van der Waals surface area (Å²) >= 11 is 0. The van der Waals surface area contributed by atoms with Crippen LogP contribution < -0.4 is 10.9 Å². The Morgan fingerprint density at radius 1 is 1.19 bits per heavy atom. The molecule has 0 saturated heterocycles. The highest BCUT2D eigenvalue weighted by molar-refractivity contribution is 5.91. The molecule has 6 heteroatoms. The molecule has 1 amide bonds. The van der Waals surface area contributed by atoms with Gasteiger partial charge in [-0.05, 0) is 56.7 Å². The highest BCUT2D eigenvalue weighted by Crippen LogP contribution is 2.22. The van der Waals surface area contributed by atoms with Gasteiger partial charge in [0, 0.05) is 36.6 Å². The van der Waals surface area contributed by atoms with Gasteiger partial charge in [-0.15, -0.1) is 0 Å². The SMILES string of the molecule is Cc1cccc(NC(=O)CCn2ccn3nc4c(c3c2=O)CCCC4)c1C. The number of amides is 1. The summed E-state index contributed by atoms with van der Waals surface area (Å²) < 4.78 is 3.32. The molecule has 0 fully saturated rings. The number of benzene rings is 1. The summed E-state index contributed by atoms with van der Waals surface area (Å²) in [6.07, 6.45) is 7.86. The molecule has 4 rings (SSSR count). The molecular weight excluding hydrogens is 340 g/mol. The van der Waals surface area contributed by atoms with Crippen molar-refractivity contribution >= 4 is 17.1 Å². The molecule has 27 heavy (non-hydrogen) atoms. The number of aromatic nitrogens is 3. The van der Waals surface area contributed by atoms with Gasteiger partial charge in [-0.1, -0.05) is 12.1 Å². The lowest BCUT2D eigenvalue weighted by molar-refractivity contribution is -0.116. The van der Waals surface area contributed by atoms with E-state index in [-0.39, 0.29) is 17.9 Å². The van der Waals surface area contributed by atoms with Gasteiger partial charge in [0.1, 0.15) is 5.52 Å². The van der Waals surface area contributed by atoms with Gasteiger partial charge < -0.3 is 9.88 Å². The topological polar surface area (TPSA) is 68.4 Å². The molecule has 0 atom stereocenters. The summed E-state index contributed by atoms with van der Waals surface area (Å²) in [7, 11) is 0. The van der Waals surface area contributed by atoms with Crippen molar-refractivity contribution in [2.45, 2.75) is 52.5 Å². The van der Waals surface area contributed by atoms with E-state index in [4.69, 9.17) is 0 Å². The van der Waals surface area contributed by atoms with Crippen LogP contribution in [0.15, 0.2) is 35.4 Å². The normalized spacial score (nSPS) is 13.6. The monoisotopic (exact) mass is 364 g/mol. The number of fused-ring (bicyclic) bond motifs is 3. The summed E-state index contributed by atoms with van der Waals surface area (Å²) in [5.41, 5.74) is 5.77. The number of aryl methyl sites for hydroxylation is 4. The second-order valence-electron chi connectivity index (χ2n) is 7.27. The molecule has 0 bridgehead atoms. The van der Waals surface area contributed by atoms with Gasteiger partial charge in [0.15, 0.2) is 0 Å². The third-order valence-electron chi connectivity index (χ3n) is 5.49. The molecular formula is C21H24N4O2. The Hall–Kier alpha value is -2.89. The average Bonchev–Trinajstić information content (AvgIpc) is 3.04. The Morgan fingerprint density at radius 2 is 2.00 bits per heavy atom. The van der Waals surface area contributed by atoms with E-state index in [1.165, 1.54) is 0 Å². The molecule has 0 spiro atoms. The predicted molar refractivity (Wildman–Crippen MR) is 105 cm³/mol. The van der Waals surface area contributed by atoms with E-state index in [0.717, 1.165) is 53.8 Å². The van der Waals surface area contributed by atoms with Crippen LogP contribution in [0.3, 0.4) is 0 Å². The number of anilines is 1. The molecule has 2 aromatic heterocycles. The lowest BCUT2D eigenvalue weighted by Crippen LogP contribution is -2.25. The van der Waals surface area contributed by atoms with Crippen LogP contribution >= 0.6 is 0 Å². The Balaban J connectivity index is 1.52. The Bertz CT molecular complexity index is 1080. The van der Waals surface area contributed by atoms with Crippen LogP contribution in [0.25, 0.3) is 5.52 Å². The van der Waals surface area contributed by atoms with Crippen molar-refractivity contribution < 1.29 is 4.79 Å². The minimum absolute atomic E-state index is 0.0623. The van der Waals surface area contributed by atoms with Gasteiger partial charge in [0.25, 0.3) is 5.56 Å². The van der Waals surface area contributed by atoms with Crippen LogP contribution in [-0.2, 0) is 24.2 Å². The summed E-state index contributed by atoms with van der Waals surface area (Å²) in [5, 5.41) is 7.50. The molecule has 2 heterocycles. The second-order valence-corrected chi connectivity index (χ2v) is 7.27. The van der Waals surface area contributed by atoms with Crippen molar-refractivity contribution in [1.29, 1.82) is 0 Å². The van der Waals surface area contributed by atoms with Crippen molar-refractivity contribution in [3.05, 3.63) is 63.3 Å². The third-order valence-corrected chi connectivity index (χ3v) is 5.49. The van der Waals surface area contributed by atoms with Crippen LogP contribution in [-0.4, -0.2) is 20.1 Å². The Morgan fingerprint density at radius 3 is 2.85 bits per heavy atom. The quantitative estimate of drug-likeness (QED) is 0.774. The van der Waals surface area contributed by atoms with E-state index in [2.05, 4.69) is 10.4 Å². The molecule has 0 unspecified atom stereocenters. The first kappa shape index (κ1) is 17.5. The minimum atomic E-state index is -0.0917. The highest BCUT2D eigenvalue weighted by atomic mass is 16.2. The summed E-state index contributed by atoms with van der Waals surface area (Å²) in [6.45, 7) is 4.37. The molecule has 0 saturated carbocycles. The van der Waals surface area contributed by atoms with Gasteiger partial charge in [-0.3, -0.25) is 9.59 Å². The molecule has 6 nitrogen and oxygen atoms in total. The fourth-order valence-corrected chi connectivity index (χ4v) is 3.75. The van der Waals surface area contributed by atoms with Crippen LogP contribution in [0.2, 0.25) is 0 Å². The fourth-order valence-electron chi connectivity index (χ4n) is 3.75. The van der Waals surface area contributed by atoms with Crippen LogP contribution in [0.4, 0.5) is 5.69 Å². The number of carbonyl (C=O) groups is 1. The first-order valence-corrected chi connectivity index (χ1v) is 9.50. The second kappa shape index (κ2) is 7.02. The van der Waals surface area contributed by atoms with E-state index in [0.29, 0.717) is 12.1 Å². The predicted octanol–water partition coefficient (Wildman–Crippen LogP) is 3.02. The number of hydrogen-bond acceptors (Lipinski definition) is 3. The van der Waals surface area contributed by atoms with Crippen molar-refractivity contribution in [2.75, 3.05) is 5.32 Å². The van der Waals surface area contributed by atoms with Crippen LogP contribution in [0, 0.1) is 13.8 Å². The third kappa shape index (κ3) is 3.27. The maximum absolute atomic E-state index is 12.9. The standard InChI is InChI=1S/C21H24N4O2/c1-14-6-5-9-17(15(14)2)22-19(26)10-11-24-12-13-25-20(21(24)27)16-7-3-4-8-18(16)23-25/h5-6,9,12-13H,3-4,7-8,10-11H2,1-2H3,(H,22,26). The lowest BCUT2D eigenvalue weighted by atomic mass is 9.97. The van der Waals surface area contributed by atoms with Crippen molar-refractivity contribution in [2.24, 2.45) is 0 Å². The molecule has 1 N–H and O–H groups in total. The largest absolute Gasteiger partial charge is 0.326 e. The van der Waals surface area contributed by atoms with E-state index in [1.54, 1.807) is 15.3 Å². The molecule has 140 valence electrons. The number of hydrogen-bond donors (Lipinski definition) is 1. The van der Waals surface area contributed by atoms with E-state index in [1.807, 2.05) is 38.2 Å². The number of nitrogens with zero attached hydrogens (tertiary/aromatic N) is 3. The number of rotatable bonds is 4. The zero-order valence-electron chi connectivity index (χ0n) is 15.8. The first-order valence-electron chi connectivity index (χ1n) is 9.50. The summed E-state index contributed by atoms with van der Waals surface area (Å²) in [5.74, 6) is -0.0917. The average molecular weight is 364 g/mol. The van der Waals surface area contributed by atoms with Crippen molar-refractivity contribution in [1.82, 2.24) is 14.2 Å². The fraction of sp³-hybridized carbons (Fsp3) is 0.381. The lowest BCUT2D eigenvalue weighted by Gasteiger charge is -2.11. The zero-order valence-corrected chi connectivity index (χ0v) is 15.8. The molecule has 1 aromatic carbocycles. The maximum Gasteiger partial charge on any atom is 0.276 e. The van der Waals surface area contributed by atoms with Gasteiger partial charge >= 0.3 is 0 Å². The molecule has 1 aliphatic rings. The van der Waals surface area contributed by atoms with Gasteiger partial charge in [-0.25, -0.2) is 4.52 Å². The molecule has 0 radical (unpaired) electrons. The van der Waals surface area contributed by atoms with E-state index < -0.39 is 0 Å². The minimum Gasteiger partial charge on any atom is -0.326 e. The highest BCUT2D eigenvalue weighted by Gasteiger charge is 2.19. The summed E-state index contributed by atoms with van der Waals surface area (Å²) in [4.78, 5) is 25.3. The smallest absolute Gasteiger partial charge is 0.276 e. The first-order chi connectivity index (χ1) is 13.0. The van der Waals surface area contributed by atoms with Crippen LogP contribution in [0.1, 0.15) is 41.6 Å². The van der Waals surface area contributed by atoms with Gasteiger partial charge in [0.05, 0.1) is 5.69 Å². The molecule has 0 aliphatic heterocycles. The van der Waals surface area contributed by atoms with Crippen LogP contribution in [0.5, 0.6) is 0 Å². The van der Waals surface area contributed by atoms with Crippen molar-refractivity contribution in [3.8, 4) is 0 Å². The summed E-state index contributed by atoms with van der Waals surface area (Å²) in [6, 6.07) is 5.85. The van der Waals surface area contributed by atoms with Crippen molar-refractivity contribution in [3.63, 3.8) is 0 Å². The molecule has 1 aliphatic carbocycles. The van der Waals surface area contributed by atoms with E-state index in [9.17, 15) is 9.59 Å². The Labute approximate surface area is 157 Å². The van der Waals surface area contributed by atoms with Gasteiger partial charge in [-0.2, -0.15) is 5.10 Å². The number of carbonyl (C=O) groups excluding carboxylic acids is 1. The molecule has 3 aromatic rings. The van der Waals surface area contributed by atoms with Gasteiger partial charge in [0.2, 0.25) is 5.91 Å². The van der Waals surface area contributed by atoms with E-state index >= 15 is 0 Å².